The molecule has 0 aromatic rings. The molecule has 0 aromatic heterocycles. The lowest BCUT2D eigenvalue weighted by Gasteiger charge is -2.17. The summed E-state index contributed by atoms with van der Waals surface area (Å²) in [5.74, 6) is -3.96. The predicted octanol–water partition coefficient (Wildman–Crippen LogP) is 3.14. The number of allylic oxidation sites excluding steroid dienone is 1. The first-order valence-electron chi connectivity index (χ1n) is 3.39. The maximum atomic E-state index is 12.4. The van der Waals surface area contributed by atoms with Gasteiger partial charge < -0.3 is 0 Å². The van der Waals surface area contributed by atoms with E-state index in [1.807, 2.05) is 0 Å². The molecule has 2 unspecified atom stereocenters. The molecule has 0 nitrogen and oxygen atoms in total. The zero-order valence-corrected chi connectivity index (χ0v) is 6.49. The van der Waals surface area contributed by atoms with Crippen molar-refractivity contribution in [2.24, 2.45) is 0 Å². The molecule has 0 saturated carbocycles. The quantitative estimate of drug-likeness (QED) is 0.478. The normalized spacial score (nSPS) is 17.2. The van der Waals surface area contributed by atoms with Gasteiger partial charge in [0.25, 0.3) is 12.3 Å². The highest BCUT2D eigenvalue weighted by atomic mass is 19.3. The highest BCUT2D eigenvalue weighted by Crippen LogP contribution is 2.28. The number of alkyl halides is 6. The molecular weight excluding hydrogens is 198 g/mol. The summed E-state index contributed by atoms with van der Waals surface area (Å²) in [6.07, 6.45) is -10.8. The molecule has 0 heterocycles. The molecule has 0 N–H and O–H groups in total. The summed E-state index contributed by atoms with van der Waals surface area (Å²) >= 11 is 0. The minimum absolute atomic E-state index is 0.0319. The van der Waals surface area contributed by atoms with Crippen LogP contribution >= 0.6 is 0 Å². The van der Waals surface area contributed by atoms with E-state index in [-0.39, 0.29) is 6.08 Å². The van der Waals surface area contributed by atoms with Crippen LogP contribution < -0.4 is 0 Å². The Morgan fingerprint density at radius 3 is 1.92 bits per heavy atom. The average Bonchev–Trinajstić information content (AvgIpc) is 2.04. The second kappa shape index (κ2) is 4.53. The zero-order valence-electron chi connectivity index (χ0n) is 6.49. The molecule has 0 aliphatic heterocycles. The Hall–Kier alpha value is -0.680. The van der Waals surface area contributed by atoms with E-state index < -0.39 is 31.1 Å². The van der Waals surface area contributed by atoms with Crippen LogP contribution in [0.15, 0.2) is 12.7 Å². The van der Waals surface area contributed by atoms with Crippen molar-refractivity contribution >= 4 is 0 Å². The fourth-order valence-electron chi connectivity index (χ4n) is 0.586. The van der Waals surface area contributed by atoms with E-state index in [2.05, 4.69) is 6.58 Å². The van der Waals surface area contributed by atoms with Crippen LogP contribution in [0.5, 0.6) is 0 Å². The van der Waals surface area contributed by atoms with Gasteiger partial charge >= 0.3 is 0 Å². The standard InChI is InChI=1S/C7H8F6/c1-2-7(12,13)5(9)3-4(8)6(10)11/h2,4-6H,1,3H2. The molecule has 0 spiro atoms. The van der Waals surface area contributed by atoms with Crippen LogP contribution in [0.25, 0.3) is 0 Å². The van der Waals surface area contributed by atoms with Crippen molar-refractivity contribution in [3.8, 4) is 0 Å². The van der Waals surface area contributed by atoms with Crippen LogP contribution in [0.4, 0.5) is 26.3 Å². The number of hydrogen-bond acceptors (Lipinski definition) is 0. The minimum atomic E-state index is -3.96. The van der Waals surface area contributed by atoms with E-state index in [1.54, 1.807) is 0 Å². The first-order chi connectivity index (χ1) is 5.81. The summed E-state index contributed by atoms with van der Waals surface area (Å²) in [6.45, 7) is 2.61. The second-order valence-electron chi connectivity index (χ2n) is 2.43. The van der Waals surface area contributed by atoms with Crippen LogP contribution in [0.1, 0.15) is 6.42 Å². The highest BCUT2D eigenvalue weighted by molar-refractivity contribution is 4.94. The van der Waals surface area contributed by atoms with Crippen molar-refractivity contribution in [3.05, 3.63) is 12.7 Å². The lowest BCUT2D eigenvalue weighted by atomic mass is 10.1. The van der Waals surface area contributed by atoms with Gasteiger partial charge in [-0.1, -0.05) is 6.58 Å². The number of rotatable bonds is 5. The topological polar surface area (TPSA) is 0 Å². The van der Waals surface area contributed by atoms with Crippen molar-refractivity contribution in [2.75, 3.05) is 0 Å². The van der Waals surface area contributed by atoms with E-state index in [1.165, 1.54) is 0 Å². The molecule has 0 amide bonds. The molecule has 0 aliphatic carbocycles. The molecule has 0 rings (SSSR count). The fourth-order valence-corrected chi connectivity index (χ4v) is 0.586. The molecule has 0 aromatic carbocycles. The summed E-state index contributed by atoms with van der Waals surface area (Å²) in [7, 11) is 0. The van der Waals surface area contributed by atoms with Gasteiger partial charge in [0.1, 0.15) is 0 Å². The average molecular weight is 206 g/mol. The zero-order chi connectivity index (χ0) is 10.6. The molecule has 78 valence electrons. The first kappa shape index (κ1) is 12.3. The predicted molar refractivity (Wildman–Crippen MR) is 35.6 cm³/mol. The van der Waals surface area contributed by atoms with Gasteiger partial charge in [0.15, 0.2) is 12.3 Å². The van der Waals surface area contributed by atoms with Crippen LogP contribution in [-0.4, -0.2) is 24.7 Å². The third-order valence-corrected chi connectivity index (χ3v) is 1.40. The smallest absolute Gasteiger partial charge is 0.241 e. The van der Waals surface area contributed by atoms with Gasteiger partial charge in [-0.2, -0.15) is 8.78 Å². The van der Waals surface area contributed by atoms with Gasteiger partial charge in [-0.3, -0.25) is 0 Å². The summed E-state index contributed by atoms with van der Waals surface area (Å²) in [5, 5.41) is 0. The Labute approximate surface area is 71.2 Å². The number of halogens is 6. The van der Waals surface area contributed by atoms with Crippen molar-refractivity contribution in [1.29, 1.82) is 0 Å². The third-order valence-electron chi connectivity index (χ3n) is 1.40. The van der Waals surface area contributed by atoms with Gasteiger partial charge in [-0.25, -0.2) is 17.6 Å². The van der Waals surface area contributed by atoms with Crippen LogP contribution in [0.2, 0.25) is 0 Å². The third kappa shape index (κ3) is 3.69. The monoisotopic (exact) mass is 206 g/mol. The van der Waals surface area contributed by atoms with Gasteiger partial charge in [0, 0.05) is 6.42 Å². The van der Waals surface area contributed by atoms with Crippen molar-refractivity contribution in [3.63, 3.8) is 0 Å². The van der Waals surface area contributed by atoms with Gasteiger partial charge in [0.2, 0.25) is 0 Å². The highest BCUT2D eigenvalue weighted by Gasteiger charge is 2.40. The minimum Gasteiger partial charge on any atom is -0.241 e. The summed E-state index contributed by atoms with van der Waals surface area (Å²) < 4.78 is 72.0. The van der Waals surface area contributed by atoms with Crippen LogP contribution in [0, 0.1) is 0 Å². The van der Waals surface area contributed by atoms with Crippen LogP contribution in [0.3, 0.4) is 0 Å². The summed E-state index contributed by atoms with van der Waals surface area (Å²) in [6, 6.07) is 0. The Balaban J connectivity index is 4.14. The van der Waals surface area contributed by atoms with E-state index in [0.29, 0.717) is 0 Å². The molecule has 0 radical (unpaired) electrons. The second-order valence-corrected chi connectivity index (χ2v) is 2.43. The number of hydrogen-bond donors (Lipinski definition) is 0. The molecular formula is C7H8F6. The molecule has 0 bridgehead atoms. The lowest BCUT2D eigenvalue weighted by molar-refractivity contribution is -0.0553. The first-order valence-corrected chi connectivity index (χ1v) is 3.39. The maximum absolute atomic E-state index is 12.4. The van der Waals surface area contributed by atoms with Gasteiger partial charge in [-0.05, 0) is 6.08 Å². The van der Waals surface area contributed by atoms with Gasteiger partial charge in [-0.15, -0.1) is 0 Å². The molecule has 0 aliphatic rings. The fraction of sp³-hybridized carbons (Fsp3) is 0.714. The van der Waals surface area contributed by atoms with Gasteiger partial charge in [0.05, 0.1) is 0 Å². The Morgan fingerprint density at radius 2 is 1.62 bits per heavy atom. The Bertz CT molecular complexity index is 166. The largest absolute Gasteiger partial charge is 0.296 e. The van der Waals surface area contributed by atoms with E-state index in [9.17, 15) is 26.3 Å². The summed E-state index contributed by atoms with van der Waals surface area (Å²) in [5.41, 5.74) is 0. The Kier molecular flexibility index (Phi) is 4.29. The molecule has 0 saturated heterocycles. The molecule has 13 heavy (non-hydrogen) atoms. The molecule has 6 heteroatoms. The van der Waals surface area contributed by atoms with E-state index in [4.69, 9.17) is 0 Å². The van der Waals surface area contributed by atoms with Crippen molar-refractivity contribution in [2.45, 2.75) is 31.1 Å². The molecule has 0 fully saturated rings. The maximum Gasteiger partial charge on any atom is 0.296 e. The van der Waals surface area contributed by atoms with E-state index in [0.717, 1.165) is 0 Å². The lowest BCUT2D eigenvalue weighted by Crippen LogP contribution is -2.31. The SMILES string of the molecule is C=CC(F)(F)C(F)CC(F)C(F)F. The van der Waals surface area contributed by atoms with E-state index >= 15 is 0 Å². The van der Waals surface area contributed by atoms with Crippen LogP contribution in [-0.2, 0) is 0 Å². The Morgan fingerprint density at radius 1 is 1.15 bits per heavy atom. The summed E-state index contributed by atoms with van der Waals surface area (Å²) in [4.78, 5) is 0. The molecule has 2 atom stereocenters. The van der Waals surface area contributed by atoms with Crippen molar-refractivity contribution in [1.82, 2.24) is 0 Å². The van der Waals surface area contributed by atoms with Crippen molar-refractivity contribution < 1.29 is 26.3 Å².